The summed E-state index contributed by atoms with van der Waals surface area (Å²) in [6, 6.07) is 0. The first-order valence-electron chi connectivity index (χ1n) is 5.62. The van der Waals surface area contributed by atoms with E-state index in [1.165, 1.54) is 0 Å². The van der Waals surface area contributed by atoms with E-state index < -0.39 is 5.60 Å². The molecule has 0 unspecified atom stereocenters. The van der Waals surface area contributed by atoms with Crippen molar-refractivity contribution in [3.63, 3.8) is 0 Å². The van der Waals surface area contributed by atoms with Crippen molar-refractivity contribution in [1.82, 2.24) is 4.90 Å². The molecule has 1 rings (SSSR count). The molecule has 1 fully saturated rings. The zero-order chi connectivity index (χ0) is 12.0. The van der Waals surface area contributed by atoms with Gasteiger partial charge in [-0.15, -0.1) is 11.8 Å². The molecule has 1 aliphatic rings. The van der Waals surface area contributed by atoms with E-state index in [9.17, 15) is 9.90 Å². The molecule has 1 aliphatic heterocycles. The van der Waals surface area contributed by atoms with Crippen LogP contribution >= 0.6 is 11.8 Å². The second-order valence-corrected chi connectivity index (χ2v) is 5.53. The Bertz CT molecular complexity index is 223. The molecular formula is C11H21NO3S. The Hall–Kier alpha value is -0.260. The molecule has 1 saturated heterocycles. The lowest BCUT2D eigenvalue weighted by Crippen LogP contribution is -2.45. The number of carbonyl (C=O) groups is 1. The highest BCUT2D eigenvalue weighted by Crippen LogP contribution is 2.21. The van der Waals surface area contributed by atoms with E-state index in [2.05, 4.69) is 0 Å². The van der Waals surface area contributed by atoms with Crippen molar-refractivity contribution in [2.75, 3.05) is 38.3 Å². The summed E-state index contributed by atoms with van der Waals surface area (Å²) in [7, 11) is 1.66. The first-order valence-corrected chi connectivity index (χ1v) is 6.77. The molecule has 16 heavy (non-hydrogen) atoms. The summed E-state index contributed by atoms with van der Waals surface area (Å²) in [5, 5.41) is 9.76. The summed E-state index contributed by atoms with van der Waals surface area (Å²) in [5.74, 6) is 1.55. The van der Waals surface area contributed by atoms with Crippen LogP contribution in [0.25, 0.3) is 0 Å². The number of hydrogen-bond acceptors (Lipinski definition) is 4. The normalized spacial score (nSPS) is 19.8. The SMILES string of the molecule is COCCSCC(=O)N1CCC(C)(O)CC1. The minimum Gasteiger partial charge on any atom is -0.390 e. The Morgan fingerprint density at radius 1 is 1.50 bits per heavy atom. The number of likely N-dealkylation sites (tertiary alicyclic amines) is 1. The predicted octanol–water partition coefficient (Wildman–Crippen LogP) is 0.739. The van der Waals surface area contributed by atoms with Gasteiger partial charge in [-0.2, -0.15) is 0 Å². The summed E-state index contributed by atoms with van der Waals surface area (Å²) in [5.41, 5.74) is -0.583. The van der Waals surface area contributed by atoms with Gasteiger partial charge >= 0.3 is 0 Å². The lowest BCUT2D eigenvalue weighted by atomic mass is 9.94. The maximum Gasteiger partial charge on any atom is 0.232 e. The number of methoxy groups -OCH3 is 1. The Morgan fingerprint density at radius 3 is 2.69 bits per heavy atom. The monoisotopic (exact) mass is 247 g/mol. The molecule has 0 aromatic carbocycles. The van der Waals surface area contributed by atoms with Gasteiger partial charge in [0, 0.05) is 26.0 Å². The highest BCUT2D eigenvalue weighted by atomic mass is 32.2. The topological polar surface area (TPSA) is 49.8 Å². The summed E-state index contributed by atoms with van der Waals surface area (Å²) < 4.78 is 4.92. The second kappa shape index (κ2) is 6.47. The molecule has 0 saturated carbocycles. The zero-order valence-electron chi connectivity index (χ0n) is 10.1. The van der Waals surface area contributed by atoms with Gasteiger partial charge in [0.15, 0.2) is 0 Å². The van der Waals surface area contributed by atoms with E-state index in [-0.39, 0.29) is 5.91 Å². The van der Waals surface area contributed by atoms with Gasteiger partial charge in [0.05, 0.1) is 18.0 Å². The number of thioether (sulfide) groups is 1. The van der Waals surface area contributed by atoms with E-state index in [1.54, 1.807) is 18.9 Å². The summed E-state index contributed by atoms with van der Waals surface area (Å²) in [6.07, 6.45) is 1.36. The van der Waals surface area contributed by atoms with Gasteiger partial charge in [-0.05, 0) is 19.8 Å². The molecule has 4 nitrogen and oxygen atoms in total. The lowest BCUT2D eigenvalue weighted by molar-refractivity contribution is -0.132. The maximum atomic E-state index is 11.8. The van der Waals surface area contributed by atoms with Crippen molar-refractivity contribution in [1.29, 1.82) is 0 Å². The average molecular weight is 247 g/mol. The highest BCUT2D eigenvalue weighted by molar-refractivity contribution is 7.99. The van der Waals surface area contributed by atoms with Gasteiger partial charge < -0.3 is 14.7 Å². The summed E-state index contributed by atoms with van der Waals surface area (Å²) in [6.45, 7) is 3.88. The number of carbonyl (C=O) groups excluding carboxylic acids is 1. The van der Waals surface area contributed by atoms with Gasteiger partial charge in [0.2, 0.25) is 5.91 Å². The Balaban J connectivity index is 2.18. The van der Waals surface area contributed by atoms with Crippen LogP contribution in [0.3, 0.4) is 0 Å². The Kier molecular flexibility index (Phi) is 5.58. The van der Waals surface area contributed by atoms with Crippen molar-refractivity contribution >= 4 is 17.7 Å². The fraction of sp³-hybridized carbons (Fsp3) is 0.909. The molecule has 1 N–H and O–H groups in total. The summed E-state index contributed by atoms with van der Waals surface area (Å²) >= 11 is 1.60. The quantitative estimate of drug-likeness (QED) is 0.728. The number of aliphatic hydroxyl groups is 1. The zero-order valence-corrected chi connectivity index (χ0v) is 10.9. The molecule has 5 heteroatoms. The van der Waals surface area contributed by atoms with E-state index >= 15 is 0 Å². The molecule has 0 spiro atoms. The molecule has 94 valence electrons. The van der Waals surface area contributed by atoms with E-state index in [4.69, 9.17) is 4.74 Å². The van der Waals surface area contributed by atoms with E-state index in [0.717, 1.165) is 5.75 Å². The van der Waals surface area contributed by atoms with Crippen LogP contribution in [0.1, 0.15) is 19.8 Å². The van der Waals surface area contributed by atoms with Crippen LogP contribution in [-0.4, -0.2) is 59.8 Å². The fourth-order valence-electron chi connectivity index (χ4n) is 1.63. The lowest BCUT2D eigenvalue weighted by Gasteiger charge is -2.35. The predicted molar refractivity (Wildman–Crippen MR) is 65.6 cm³/mol. The van der Waals surface area contributed by atoms with Crippen LogP contribution in [0.5, 0.6) is 0 Å². The van der Waals surface area contributed by atoms with Crippen LogP contribution < -0.4 is 0 Å². The van der Waals surface area contributed by atoms with Crippen LogP contribution in [0.2, 0.25) is 0 Å². The first kappa shape index (κ1) is 13.8. The molecule has 0 aliphatic carbocycles. The van der Waals surface area contributed by atoms with Gasteiger partial charge in [-0.3, -0.25) is 4.79 Å². The smallest absolute Gasteiger partial charge is 0.232 e. The van der Waals surface area contributed by atoms with E-state index in [0.29, 0.717) is 38.3 Å². The third kappa shape index (κ3) is 4.72. The largest absolute Gasteiger partial charge is 0.390 e. The fourth-order valence-corrected chi connectivity index (χ4v) is 2.42. The van der Waals surface area contributed by atoms with Gasteiger partial charge in [-0.1, -0.05) is 0 Å². The number of piperidine rings is 1. The number of ether oxygens (including phenoxy) is 1. The second-order valence-electron chi connectivity index (χ2n) is 4.42. The number of rotatable bonds is 5. The van der Waals surface area contributed by atoms with Crippen LogP contribution in [0.4, 0.5) is 0 Å². The van der Waals surface area contributed by atoms with Crippen LogP contribution in [0, 0.1) is 0 Å². The Labute approximate surface area is 101 Å². The average Bonchev–Trinajstić information content (AvgIpc) is 2.24. The molecule has 1 heterocycles. The standard InChI is InChI=1S/C11H21NO3S/c1-11(14)3-5-12(6-4-11)10(13)9-16-8-7-15-2/h14H,3-9H2,1-2H3. The van der Waals surface area contributed by atoms with Gasteiger partial charge in [-0.25, -0.2) is 0 Å². The number of amides is 1. The maximum absolute atomic E-state index is 11.8. The van der Waals surface area contributed by atoms with Crippen LogP contribution in [0.15, 0.2) is 0 Å². The molecule has 1 amide bonds. The minimum absolute atomic E-state index is 0.177. The third-order valence-corrected chi connectivity index (χ3v) is 3.76. The Morgan fingerprint density at radius 2 is 2.12 bits per heavy atom. The molecule has 0 aromatic rings. The number of hydrogen-bond donors (Lipinski definition) is 1. The van der Waals surface area contributed by atoms with Crippen molar-refractivity contribution in [2.24, 2.45) is 0 Å². The molecule has 0 bridgehead atoms. The van der Waals surface area contributed by atoms with Crippen molar-refractivity contribution in [3.05, 3.63) is 0 Å². The van der Waals surface area contributed by atoms with Gasteiger partial charge in [0.1, 0.15) is 0 Å². The van der Waals surface area contributed by atoms with Crippen molar-refractivity contribution in [3.8, 4) is 0 Å². The highest BCUT2D eigenvalue weighted by Gasteiger charge is 2.29. The van der Waals surface area contributed by atoms with Crippen molar-refractivity contribution in [2.45, 2.75) is 25.4 Å². The number of nitrogens with zero attached hydrogens (tertiary/aromatic N) is 1. The van der Waals surface area contributed by atoms with Crippen LogP contribution in [-0.2, 0) is 9.53 Å². The van der Waals surface area contributed by atoms with Gasteiger partial charge in [0.25, 0.3) is 0 Å². The van der Waals surface area contributed by atoms with Crippen molar-refractivity contribution < 1.29 is 14.6 Å². The molecule has 0 aromatic heterocycles. The summed E-state index contributed by atoms with van der Waals surface area (Å²) in [4.78, 5) is 13.6. The van der Waals surface area contributed by atoms with E-state index in [1.807, 2.05) is 11.8 Å². The molecular weight excluding hydrogens is 226 g/mol. The minimum atomic E-state index is -0.583. The first-order chi connectivity index (χ1) is 7.55. The molecule has 0 radical (unpaired) electrons. The third-order valence-electron chi connectivity index (χ3n) is 2.85. The molecule has 0 atom stereocenters.